The van der Waals surface area contributed by atoms with E-state index in [-0.39, 0.29) is 0 Å². The molecule has 0 bridgehead atoms. The van der Waals surface area contributed by atoms with Crippen molar-refractivity contribution in [2.75, 3.05) is 6.54 Å². The van der Waals surface area contributed by atoms with E-state index in [9.17, 15) is 0 Å². The molecule has 0 radical (unpaired) electrons. The average molecular weight is 345 g/mol. The van der Waals surface area contributed by atoms with Gasteiger partial charge in [-0.05, 0) is 24.6 Å². The molecule has 1 N–H and O–H groups in total. The van der Waals surface area contributed by atoms with E-state index in [0.29, 0.717) is 34.9 Å². The van der Waals surface area contributed by atoms with Crippen molar-refractivity contribution in [1.29, 1.82) is 0 Å². The molecule has 6 heteroatoms. The normalized spacial score (nSPS) is 11.1. The lowest BCUT2D eigenvalue weighted by molar-refractivity contribution is 0.305. The molecule has 1 aromatic heterocycles. The van der Waals surface area contributed by atoms with Gasteiger partial charge in [0.15, 0.2) is 0 Å². The van der Waals surface area contributed by atoms with Crippen LogP contribution in [0.5, 0.6) is 5.75 Å². The van der Waals surface area contributed by atoms with E-state index < -0.39 is 0 Å². The summed E-state index contributed by atoms with van der Waals surface area (Å²) in [6.07, 6.45) is 1.80. The third kappa shape index (κ3) is 5.15. The first kappa shape index (κ1) is 16.6. The Kier molecular flexibility index (Phi) is 6.30. The first-order valence-corrected chi connectivity index (χ1v) is 8.38. The Morgan fingerprint density at radius 2 is 2.14 bits per heavy atom. The number of benzene rings is 1. The standard InChI is InChI=1S/C15H18Cl2N2OS/c1-10(2)5-18-6-11-3-12(16)4-14(17)15(11)20-8-13-7-19-9-21-13/h3-4,7,9-10,18H,5-6,8H2,1-2H3. The van der Waals surface area contributed by atoms with E-state index in [1.807, 2.05) is 6.07 Å². The summed E-state index contributed by atoms with van der Waals surface area (Å²) in [6.45, 7) is 6.40. The Bertz CT molecular complexity index is 573. The number of thiazole rings is 1. The molecule has 21 heavy (non-hydrogen) atoms. The topological polar surface area (TPSA) is 34.1 Å². The van der Waals surface area contributed by atoms with Gasteiger partial charge in [-0.25, -0.2) is 0 Å². The molecule has 0 fully saturated rings. The zero-order valence-electron chi connectivity index (χ0n) is 12.0. The average Bonchev–Trinajstić information content (AvgIpc) is 2.90. The lowest BCUT2D eigenvalue weighted by atomic mass is 10.1. The minimum Gasteiger partial charge on any atom is -0.486 e. The van der Waals surface area contributed by atoms with Gasteiger partial charge in [0.1, 0.15) is 12.4 Å². The number of rotatable bonds is 7. The van der Waals surface area contributed by atoms with Crippen molar-refractivity contribution in [2.45, 2.75) is 27.0 Å². The van der Waals surface area contributed by atoms with E-state index in [2.05, 4.69) is 24.1 Å². The quantitative estimate of drug-likeness (QED) is 0.785. The van der Waals surface area contributed by atoms with Crippen LogP contribution in [0.2, 0.25) is 10.0 Å². The highest BCUT2D eigenvalue weighted by Gasteiger charge is 2.11. The van der Waals surface area contributed by atoms with Crippen molar-refractivity contribution < 1.29 is 4.74 Å². The molecule has 0 saturated carbocycles. The van der Waals surface area contributed by atoms with Crippen LogP contribution in [-0.2, 0) is 13.2 Å². The van der Waals surface area contributed by atoms with Crippen LogP contribution in [0.15, 0.2) is 23.8 Å². The van der Waals surface area contributed by atoms with E-state index in [1.54, 1.807) is 29.1 Å². The molecule has 0 amide bonds. The maximum atomic E-state index is 6.27. The van der Waals surface area contributed by atoms with Crippen LogP contribution in [0.25, 0.3) is 0 Å². The molecule has 0 aliphatic heterocycles. The molecular weight excluding hydrogens is 327 g/mol. The molecule has 0 aliphatic carbocycles. The minimum absolute atomic E-state index is 0.462. The SMILES string of the molecule is CC(C)CNCc1cc(Cl)cc(Cl)c1OCc1cncs1. The minimum atomic E-state index is 0.462. The largest absolute Gasteiger partial charge is 0.486 e. The summed E-state index contributed by atoms with van der Waals surface area (Å²) in [5.74, 6) is 1.27. The first-order chi connectivity index (χ1) is 10.1. The number of nitrogens with zero attached hydrogens (tertiary/aromatic N) is 1. The van der Waals surface area contributed by atoms with Crippen molar-refractivity contribution >= 4 is 34.5 Å². The number of ether oxygens (including phenoxy) is 1. The summed E-state index contributed by atoms with van der Waals surface area (Å²) < 4.78 is 5.86. The van der Waals surface area contributed by atoms with Crippen molar-refractivity contribution in [2.24, 2.45) is 5.92 Å². The molecule has 1 aromatic carbocycles. The van der Waals surface area contributed by atoms with Gasteiger partial charge in [0, 0.05) is 23.3 Å². The zero-order chi connectivity index (χ0) is 15.2. The van der Waals surface area contributed by atoms with Crippen molar-refractivity contribution in [3.8, 4) is 5.75 Å². The van der Waals surface area contributed by atoms with Gasteiger partial charge in [-0.2, -0.15) is 0 Å². The summed E-state index contributed by atoms with van der Waals surface area (Å²) in [5.41, 5.74) is 2.76. The molecule has 1 heterocycles. The third-order valence-corrected chi connectivity index (χ3v) is 4.05. The number of hydrogen-bond donors (Lipinski definition) is 1. The summed E-state index contributed by atoms with van der Waals surface area (Å²) in [6, 6.07) is 3.60. The van der Waals surface area contributed by atoms with Crippen LogP contribution in [0.4, 0.5) is 0 Å². The van der Waals surface area contributed by atoms with Gasteiger partial charge in [0.2, 0.25) is 0 Å². The van der Waals surface area contributed by atoms with Gasteiger partial charge < -0.3 is 10.1 Å². The second-order valence-corrected chi connectivity index (χ2v) is 6.97. The Labute approximate surface area is 139 Å². The summed E-state index contributed by atoms with van der Waals surface area (Å²) in [4.78, 5) is 5.09. The lowest BCUT2D eigenvalue weighted by Crippen LogP contribution is -2.19. The van der Waals surface area contributed by atoms with Gasteiger partial charge >= 0.3 is 0 Å². The monoisotopic (exact) mass is 344 g/mol. The fourth-order valence-corrected chi connectivity index (χ4v) is 2.95. The number of nitrogens with one attached hydrogen (secondary N) is 1. The highest BCUT2D eigenvalue weighted by molar-refractivity contribution is 7.09. The van der Waals surface area contributed by atoms with Crippen LogP contribution >= 0.6 is 34.5 Å². The van der Waals surface area contributed by atoms with Crippen LogP contribution < -0.4 is 10.1 Å². The van der Waals surface area contributed by atoms with Gasteiger partial charge in [-0.15, -0.1) is 11.3 Å². The Balaban J connectivity index is 2.09. The molecule has 0 spiro atoms. The zero-order valence-corrected chi connectivity index (χ0v) is 14.4. The fraction of sp³-hybridized carbons (Fsp3) is 0.400. The predicted molar refractivity (Wildman–Crippen MR) is 89.5 cm³/mol. The molecular formula is C15H18Cl2N2OS. The molecule has 0 aliphatic rings. The number of halogens is 2. The van der Waals surface area contributed by atoms with Gasteiger partial charge in [0.25, 0.3) is 0 Å². The Morgan fingerprint density at radius 3 is 2.81 bits per heavy atom. The van der Waals surface area contributed by atoms with Gasteiger partial charge in [0.05, 0.1) is 15.4 Å². The van der Waals surface area contributed by atoms with E-state index in [4.69, 9.17) is 27.9 Å². The Morgan fingerprint density at radius 1 is 1.33 bits per heavy atom. The van der Waals surface area contributed by atoms with Gasteiger partial charge in [-0.3, -0.25) is 4.98 Å². The van der Waals surface area contributed by atoms with Gasteiger partial charge in [-0.1, -0.05) is 37.0 Å². The number of aromatic nitrogens is 1. The first-order valence-electron chi connectivity index (χ1n) is 6.75. The molecule has 3 nitrogen and oxygen atoms in total. The van der Waals surface area contributed by atoms with Crippen LogP contribution in [0.3, 0.4) is 0 Å². The second-order valence-electron chi connectivity index (χ2n) is 5.16. The lowest BCUT2D eigenvalue weighted by Gasteiger charge is -2.14. The highest BCUT2D eigenvalue weighted by Crippen LogP contribution is 2.33. The molecule has 114 valence electrons. The van der Waals surface area contributed by atoms with Crippen LogP contribution in [0, 0.1) is 5.92 Å². The summed E-state index contributed by atoms with van der Waals surface area (Å²) in [7, 11) is 0. The molecule has 2 rings (SSSR count). The smallest absolute Gasteiger partial charge is 0.143 e. The maximum absolute atomic E-state index is 6.27. The molecule has 2 aromatic rings. The van der Waals surface area contributed by atoms with E-state index >= 15 is 0 Å². The van der Waals surface area contributed by atoms with Crippen LogP contribution in [0.1, 0.15) is 24.3 Å². The Hall–Kier alpha value is -0.810. The van der Waals surface area contributed by atoms with E-state index in [1.165, 1.54) is 0 Å². The summed E-state index contributed by atoms with van der Waals surface area (Å²) >= 11 is 13.9. The highest BCUT2D eigenvalue weighted by atomic mass is 35.5. The van der Waals surface area contributed by atoms with Crippen LogP contribution in [-0.4, -0.2) is 11.5 Å². The van der Waals surface area contributed by atoms with Crippen molar-refractivity contribution in [1.82, 2.24) is 10.3 Å². The van der Waals surface area contributed by atoms with E-state index in [0.717, 1.165) is 17.0 Å². The predicted octanol–water partition coefficient (Wildman–Crippen LogP) is 4.77. The third-order valence-electron chi connectivity index (χ3n) is 2.80. The van der Waals surface area contributed by atoms with Crippen molar-refractivity contribution in [3.05, 3.63) is 44.3 Å². The molecule has 0 unspecified atom stereocenters. The summed E-state index contributed by atoms with van der Waals surface area (Å²) in [5, 5.41) is 4.53. The van der Waals surface area contributed by atoms with Crippen molar-refractivity contribution in [3.63, 3.8) is 0 Å². The molecule has 0 atom stereocenters. The number of hydrogen-bond acceptors (Lipinski definition) is 4. The maximum Gasteiger partial charge on any atom is 0.143 e. The second kappa shape index (κ2) is 7.99. The fourth-order valence-electron chi connectivity index (χ4n) is 1.86. The molecule has 0 saturated heterocycles.